The van der Waals surface area contributed by atoms with Gasteiger partial charge in [-0.3, -0.25) is 9.59 Å². The van der Waals surface area contributed by atoms with Crippen molar-refractivity contribution in [1.29, 1.82) is 0 Å². The average molecular weight is 270 g/mol. The van der Waals surface area contributed by atoms with Gasteiger partial charge in [0.25, 0.3) is 0 Å². The number of carbonyl (C=O) groups excluding carboxylic acids is 3. The van der Waals surface area contributed by atoms with Gasteiger partial charge in [0.1, 0.15) is 5.60 Å². The molecule has 2 amide bonds. The molecule has 0 unspecified atom stereocenters. The number of esters is 1. The van der Waals surface area contributed by atoms with Crippen LogP contribution in [0.25, 0.3) is 0 Å². The Bertz CT molecular complexity index is 369. The Morgan fingerprint density at radius 1 is 1.05 bits per heavy atom. The molecule has 0 aliphatic heterocycles. The largest absolute Gasteiger partial charge is 0.453 e. The molecule has 0 aromatic heterocycles. The molecule has 108 valence electrons. The van der Waals surface area contributed by atoms with Gasteiger partial charge in [-0.25, -0.2) is 4.79 Å². The lowest BCUT2D eigenvalue weighted by Crippen LogP contribution is -2.38. The molecular weight excluding hydrogens is 248 g/mol. The molecular formula is C13H22N2O4. The topological polar surface area (TPSA) is 84.5 Å². The van der Waals surface area contributed by atoms with Gasteiger partial charge in [0.2, 0.25) is 5.91 Å². The fraction of sp³-hybridized carbons (Fsp3) is 0.615. The van der Waals surface area contributed by atoms with Crippen molar-refractivity contribution in [2.75, 3.05) is 13.1 Å². The fourth-order valence-electron chi connectivity index (χ4n) is 1.04. The third-order valence-electron chi connectivity index (χ3n) is 1.90. The number of hydrogen-bond donors (Lipinski definition) is 2. The SMILES string of the molecule is C=C(C)C(=O)NCCCNC(=O)C(=O)OC(C)(C)C. The van der Waals surface area contributed by atoms with Gasteiger partial charge < -0.3 is 15.4 Å². The zero-order valence-corrected chi connectivity index (χ0v) is 12.0. The fourth-order valence-corrected chi connectivity index (χ4v) is 1.04. The molecule has 0 saturated carbocycles. The van der Waals surface area contributed by atoms with Crippen molar-refractivity contribution in [1.82, 2.24) is 10.6 Å². The van der Waals surface area contributed by atoms with Crippen LogP contribution in [0.5, 0.6) is 0 Å². The number of amides is 2. The summed E-state index contributed by atoms with van der Waals surface area (Å²) in [4.78, 5) is 33.8. The second kappa shape index (κ2) is 7.56. The summed E-state index contributed by atoms with van der Waals surface area (Å²) in [5, 5.41) is 5.04. The molecule has 0 fully saturated rings. The Morgan fingerprint density at radius 2 is 1.53 bits per heavy atom. The van der Waals surface area contributed by atoms with E-state index in [1.54, 1.807) is 27.7 Å². The first kappa shape index (κ1) is 17.2. The van der Waals surface area contributed by atoms with Gasteiger partial charge in [-0.1, -0.05) is 6.58 Å². The van der Waals surface area contributed by atoms with Crippen LogP contribution in [-0.4, -0.2) is 36.5 Å². The van der Waals surface area contributed by atoms with Crippen LogP contribution in [0.4, 0.5) is 0 Å². The maximum Gasteiger partial charge on any atom is 0.397 e. The number of hydrogen-bond acceptors (Lipinski definition) is 4. The molecule has 19 heavy (non-hydrogen) atoms. The first-order valence-electron chi connectivity index (χ1n) is 6.08. The summed E-state index contributed by atoms with van der Waals surface area (Å²) in [5.74, 6) is -1.90. The normalized spacial score (nSPS) is 10.5. The molecule has 0 aliphatic rings. The second-order valence-corrected chi connectivity index (χ2v) is 5.15. The maximum atomic E-state index is 11.3. The molecule has 0 aromatic rings. The van der Waals surface area contributed by atoms with E-state index in [-0.39, 0.29) is 12.5 Å². The highest BCUT2D eigenvalue weighted by atomic mass is 16.6. The van der Waals surface area contributed by atoms with Crippen molar-refractivity contribution in [2.45, 2.75) is 39.7 Å². The minimum Gasteiger partial charge on any atom is -0.453 e. The molecule has 0 bridgehead atoms. The predicted octanol–water partition coefficient (Wildman–Crippen LogP) is 0.527. The van der Waals surface area contributed by atoms with Gasteiger partial charge in [0.05, 0.1) is 0 Å². The minimum absolute atomic E-state index is 0.224. The van der Waals surface area contributed by atoms with Crippen LogP contribution in [0, 0.1) is 0 Å². The van der Waals surface area contributed by atoms with Crippen molar-refractivity contribution in [3.63, 3.8) is 0 Å². The van der Waals surface area contributed by atoms with Crippen LogP contribution in [0.1, 0.15) is 34.1 Å². The van der Waals surface area contributed by atoms with E-state index in [1.807, 2.05) is 0 Å². The monoisotopic (exact) mass is 270 g/mol. The lowest BCUT2D eigenvalue weighted by atomic mass is 10.2. The lowest BCUT2D eigenvalue weighted by Gasteiger charge is -2.18. The van der Waals surface area contributed by atoms with E-state index in [0.29, 0.717) is 18.5 Å². The molecule has 6 heteroatoms. The summed E-state index contributed by atoms with van der Waals surface area (Å²) in [6.07, 6.45) is 0.521. The molecule has 2 N–H and O–H groups in total. The third kappa shape index (κ3) is 8.82. The molecule has 0 atom stereocenters. The summed E-state index contributed by atoms with van der Waals surface area (Å²) < 4.78 is 4.89. The van der Waals surface area contributed by atoms with Crippen LogP contribution in [-0.2, 0) is 19.1 Å². The van der Waals surface area contributed by atoms with Gasteiger partial charge in [0, 0.05) is 18.7 Å². The summed E-state index contributed by atoms with van der Waals surface area (Å²) in [7, 11) is 0. The van der Waals surface area contributed by atoms with Crippen molar-refractivity contribution in [3.8, 4) is 0 Å². The van der Waals surface area contributed by atoms with Crippen molar-refractivity contribution in [2.24, 2.45) is 0 Å². The Hall–Kier alpha value is -1.85. The Labute approximate surface area is 113 Å². The second-order valence-electron chi connectivity index (χ2n) is 5.15. The van der Waals surface area contributed by atoms with E-state index in [1.165, 1.54) is 0 Å². The van der Waals surface area contributed by atoms with E-state index < -0.39 is 17.5 Å². The van der Waals surface area contributed by atoms with E-state index in [9.17, 15) is 14.4 Å². The highest BCUT2D eigenvalue weighted by Crippen LogP contribution is 2.06. The van der Waals surface area contributed by atoms with E-state index in [4.69, 9.17) is 4.74 Å². The summed E-state index contributed by atoms with van der Waals surface area (Å²) >= 11 is 0. The third-order valence-corrected chi connectivity index (χ3v) is 1.90. The number of rotatable bonds is 5. The molecule has 0 spiro atoms. The minimum atomic E-state index is -0.904. The van der Waals surface area contributed by atoms with E-state index >= 15 is 0 Å². The van der Waals surface area contributed by atoms with Crippen molar-refractivity contribution in [3.05, 3.63) is 12.2 Å². The van der Waals surface area contributed by atoms with Crippen LogP contribution < -0.4 is 10.6 Å². The standard InChI is InChI=1S/C13H22N2O4/c1-9(2)10(16)14-7-6-8-15-11(17)12(18)19-13(3,4)5/h1,6-8H2,2-5H3,(H,14,16)(H,15,17). The molecule has 0 radical (unpaired) electrons. The van der Waals surface area contributed by atoms with Crippen molar-refractivity contribution >= 4 is 17.8 Å². The van der Waals surface area contributed by atoms with Gasteiger partial charge in [-0.2, -0.15) is 0 Å². The van der Waals surface area contributed by atoms with Crippen LogP contribution >= 0.6 is 0 Å². The van der Waals surface area contributed by atoms with Crippen molar-refractivity contribution < 1.29 is 19.1 Å². The van der Waals surface area contributed by atoms with Crippen LogP contribution in [0.3, 0.4) is 0 Å². The Morgan fingerprint density at radius 3 is 1.95 bits per heavy atom. The lowest BCUT2D eigenvalue weighted by molar-refractivity contribution is -0.163. The quantitative estimate of drug-likeness (QED) is 0.330. The van der Waals surface area contributed by atoms with Gasteiger partial charge in [-0.05, 0) is 34.1 Å². The Balaban J connectivity index is 3.78. The molecule has 6 nitrogen and oxygen atoms in total. The molecule has 0 rings (SSSR count). The first-order valence-corrected chi connectivity index (χ1v) is 6.08. The molecule has 0 aliphatic carbocycles. The zero-order chi connectivity index (χ0) is 15.1. The highest BCUT2D eigenvalue weighted by molar-refractivity contribution is 6.32. The maximum absolute atomic E-state index is 11.3. The van der Waals surface area contributed by atoms with E-state index in [2.05, 4.69) is 17.2 Å². The van der Waals surface area contributed by atoms with Gasteiger partial charge in [0.15, 0.2) is 0 Å². The van der Waals surface area contributed by atoms with Gasteiger partial charge >= 0.3 is 11.9 Å². The summed E-state index contributed by atoms with van der Waals surface area (Å²) in [5.41, 5.74) is -0.262. The van der Waals surface area contributed by atoms with Crippen LogP contribution in [0.2, 0.25) is 0 Å². The van der Waals surface area contributed by atoms with Crippen LogP contribution in [0.15, 0.2) is 12.2 Å². The average Bonchev–Trinajstić information content (AvgIpc) is 2.25. The summed E-state index contributed by atoms with van der Waals surface area (Å²) in [6, 6.07) is 0. The predicted molar refractivity (Wildman–Crippen MR) is 71.3 cm³/mol. The molecule has 0 saturated heterocycles. The molecule has 0 aromatic carbocycles. The van der Waals surface area contributed by atoms with E-state index in [0.717, 1.165) is 0 Å². The summed E-state index contributed by atoms with van der Waals surface area (Å²) in [6.45, 7) is 10.9. The highest BCUT2D eigenvalue weighted by Gasteiger charge is 2.22. The smallest absolute Gasteiger partial charge is 0.397 e. The van der Waals surface area contributed by atoms with Gasteiger partial charge in [-0.15, -0.1) is 0 Å². The zero-order valence-electron chi connectivity index (χ0n) is 12.0. The number of carbonyl (C=O) groups is 3. The number of ether oxygens (including phenoxy) is 1. The Kier molecular flexibility index (Phi) is 6.82. The first-order chi connectivity index (χ1) is 8.63. The number of nitrogens with one attached hydrogen (secondary N) is 2. The molecule has 0 heterocycles.